The SMILES string of the molecule is CCOC(=O)C1=NN=C(CN(C)S(=O)(=O)c2c(C)cc(OC)cc2C)C1. The molecule has 0 saturated heterocycles. The Balaban J connectivity index is 2.16. The minimum Gasteiger partial charge on any atom is -0.497 e. The fourth-order valence-corrected chi connectivity index (χ4v) is 4.31. The Kier molecular flexibility index (Phi) is 6.14. The van der Waals surface area contributed by atoms with Gasteiger partial charge in [0.2, 0.25) is 10.0 Å². The van der Waals surface area contributed by atoms with Crippen LogP contribution in [0.15, 0.2) is 27.2 Å². The summed E-state index contributed by atoms with van der Waals surface area (Å²) in [5.74, 6) is 0.0767. The number of sulfonamides is 1. The zero-order valence-corrected chi connectivity index (χ0v) is 16.4. The maximum absolute atomic E-state index is 13.0. The molecule has 8 nitrogen and oxygen atoms in total. The monoisotopic (exact) mass is 381 g/mol. The first-order chi connectivity index (χ1) is 12.2. The van der Waals surface area contributed by atoms with E-state index in [9.17, 15) is 13.2 Å². The second kappa shape index (κ2) is 7.96. The molecule has 1 heterocycles. The van der Waals surface area contributed by atoms with E-state index in [-0.39, 0.29) is 30.2 Å². The molecule has 1 aliphatic rings. The maximum atomic E-state index is 13.0. The van der Waals surface area contributed by atoms with Crippen LogP contribution < -0.4 is 4.74 Å². The van der Waals surface area contributed by atoms with E-state index in [2.05, 4.69) is 10.2 Å². The smallest absolute Gasteiger partial charge is 0.354 e. The van der Waals surface area contributed by atoms with E-state index in [0.717, 1.165) is 0 Å². The van der Waals surface area contributed by atoms with Gasteiger partial charge < -0.3 is 9.47 Å². The summed E-state index contributed by atoms with van der Waals surface area (Å²) in [4.78, 5) is 11.9. The highest BCUT2D eigenvalue weighted by Gasteiger charge is 2.29. The number of hydrogen-bond acceptors (Lipinski definition) is 7. The van der Waals surface area contributed by atoms with Crippen LogP contribution in [0, 0.1) is 13.8 Å². The number of hydrogen-bond donors (Lipinski definition) is 0. The molecule has 0 radical (unpaired) electrons. The molecule has 1 aliphatic heterocycles. The van der Waals surface area contributed by atoms with E-state index in [1.807, 2.05) is 0 Å². The van der Waals surface area contributed by atoms with Crippen molar-refractivity contribution < 1.29 is 22.7 Å². The quantitative estimate of drug-likeness (QED) is 0.670. The molecule has 2 rings (SSSR count). The van der Waals surface area contributed by atoms with Gasteiger partial charge in [-0.2, -0.15) is 9.41 Å². The molecule has 0 N–H and O–H groups in total. The lowest BCUT2D eigenvalue weighted by Gasteiger charge is -2.20. The van der Waals surface area contributed by atoms with E-state index in [1.54, 1.807) is 32.9 Å². The van der Waals surface area contributed by atoms with Crippen LogP contribution in [0.2, 0.25) is 0 Å². The number of nitrogens with zero attached hydrogens (tertiary/aromatic N) is 3. The molecule has 1 aromatic rings. The predicted octanol–water partition coefficient (Wildman–Crippen LogP) is 1.70. The summed E-state index contributed by atoms with van der Waals surface area (Å²) >= 11 is 0. The predicted molar refractivity (Wildman–Crippen MR) is 98.4 cm³/mol. The normalized spacial score (nSPS) is 14.2. The number of aryl methyl sites for hydroxylation is 2. The van der Waals surface area contributed by atoms with Crippen LogP contribution in [0.1, 0.15) is 24.5 Å². The van der Waals surface area contributed by atoms with Gasteiger partial charge in [0.1, 0.15) is 5.75 Å². The molecule has 0 saturated carbocycles. The molecular weight excluding hydrogens is 358 g/mol. The van der Waals surface area contributed by atoms with Gasteiger partial charge in [0.25, 0.3) is 0 Å². The van der Waals surface area contributed by atoms with Crippen molar-refractivity contribution in [2.24, 2.45) is 10.2 Å². The summed E-state index contributed by atoms with van der Waals surface area (Å²) in [5, 5.41) is 7.71. The lowest BCUT2D eigenvalue weighted by atomic mass is 10.1. The second-order valence-electron chi connectivity index (χ2n) is 5.96. The Hall–Kier alpha value is -2.26. The molecule has 0 amide bonds. The molecule has 0 fully saturated rings. The van der Waals surface area contributed by atoms with Gasteiger partial charge in [0, 0.05) is 13.5 Å². The third-order valence-electron chi connectivity index (χ3n) is 3.94. The average Bonchev–Trinajstić information content (AvgIpc) is 3.02. The number of rotatable bonds is 7. The Morgan fingerprint density at radius 1 is 1.23 bits per heavy atom. The number of ether oxygens (including phenoxy) is 2. The maximum Gasteiger partial charge on any atom is 0.354 e. The molecule has 0 atom stereocenters. The molecule has 142 valence electrons. The highest BCUT2D eigenvalue weighted by Crippen LogP contribution is 2.27. The van der Waals surface area contributed by atoms with E-state index in [4.69, 9.17) is 9.47 Å². The first kappa shape index (κ1) is 20.1. The third-order valence-corrected chi connectivity index (χ3v) is 6.05. The van der Waals surface area contributed by atoms with Gasteiger partial charge in [-0.3, -0.25) is 0 Å². The van der Waals surface area contributed by atoms with Crippen LogP contribution in [-0.2, 0) is 19.6 Å². The largest absolute Gasteiger partial charge is 0.497 e. The lowest BCUT2D eigenvalue weighted by Crippen LogP contribution is -2.33. The van der Waals surface area contributed by atoms with Gasteiger partial charge in [-0.1, -0.05) is 0 Å². The topological polar surface area (TPSA) is 97.6 Å². The Morgan fingerprint density at radius 2 is 1.85 bits per heavy atom. The Labute approximate surface area is 153 Å². The molecule has 0 aromatic heterocycles. The number of carbonyl (C=O) groups excluding carboxylic acids is 1. The second-order valence-corrected chi connectivity index (χ2v) is 7.94. The highest BCUT2D eigenvalue weighted by molar-refractivity contribution is 7.89. The summed E-state index contributed by atoms with van der Waals surface area (Å²) in [5.41, 5.74) is 1.88. The zero-order valence-electron chi connectivity index (χ0n) is 15.6. The van der Waals surface area contributed by atoms with Gasteiger partial charge in [-0.25, -0.2) is 13.2 Å². The molecule has 9 heteroatoms. The van der Waals surface area contributed by atoms with Gasteiger partial charge in [0.05, 0.1) is 30.9 Å². The van der Waals surface area contributed by atoms with Crippen molar-refractivity contribution in [1.82, 2.24) is 4.31 Å². The number of esters is 1. The lowest BCUT2D eigenvalue weighted by molar-refractivity contribution is -0.135. The third kappa shape index (κ3) is 4.10. The van der Waals surface area contributed by atoms with Crippen LogP contribution in [0.25, 0.3) is 0 Å². The van der Waals surface area contributed by atoms with Gasteiger partial charge >= 0.3 is 5.97 Å². The fraction of sp³-hybridized carbons (Fsp3) is 0.471. The molecule has 0 bridgehead atoms. The van der Waals surface area contributed by atoms with Gasteiger partial charge in [0.15, 0.2) is 5.71 Å². The van der Waals surface area contributed by atoms with Crippen molar-refractivity contribution >= 4 is 27.4 Å². The van der Waals surface area contributed by atoms with Gasteiger partial charge in [-0.15, -0.1) is 5.10 Å². The minimum absolute atomic E-state index is 0.0413. The van der Waals surface area contributed by atoms with E-state index in [1.165, 1.54) is 18.5 Å². The zero-order chi connectivity index (χ0) is 19.5. The van der Waals surface area contributed by atoms with E-state index in [0.29, 0.717) is 22.6 Å². The molecule has 1 aromatic carbocycles. The van der Waals surface area contributed by atoms with Crippen LogP contribution >= 0.6 is 0 Å². The summed E-state index contributed by atoms with van der Waals surface area (Å²) in [6.45, 7) is 5.45. The summed E-state index contributed by atoms with van der Waals surface area (Å²) in [7, 11) is -0.720. The summed E-state index contributed by atoms with van der Waals surface area (Å²) < 4.78 is 37.2. The highest BCUT2D eigenvalue weighted by atomic mass is 32.2. The van der Waals surface area contributed by atoms with Crippen LogP contribution in [0.5, 0.6) is 5.75 Å². The molecular formula is C17H23N3O5S. The van der Waals surface area contributed by atoms with Crippen molar-refractivity contribution in [2.75, 3.05) is 27.3 Å². The molecule has 26 heavy (non-hydrogen) atoms. The van der Waals surface area contributed by atoms with Crippen molar-refractivity contribution in [1.29, 1.82) is 0 Å². The van der Waals surface area contributed by atoms with Crippen molar-refractivity contribution in [3.8, 4) is 5.75 Å². The number of methoxy groups -OCH3 is 1. The average molecular weight is 381 g/mol. The minimum atomic E-state index is -3.73. The Morgan fingerprint density at radius 3 is 2.38 bits per heavy atom. The summed E-state index contributed by atoms with van der Waals surface area (Å²) in [6.07, 6.45) is 0.180. The standard InChI is InChI=1S/C17H23N3O5S/c1-6-25-17(21)15-9-13(18-19-15)10-20(4)26(22,23)16-11(2)7-14(24-5)8-12(16)3/h7-8H,6,9-10H2,1-5H3. The molecule has 0 aliphatic carbocycles. The first-order valence-corrected chi connectivity index (χ1v) is 9.55. The van der Waals surface area contributed by atoms with Crippen molar-refractivity contribution in [2.45, 2.75) is 32.1 Å². The van der Waals surface area contributed by atoms with Crippen LogP contribution in [0.3, 0.4) is 0 Å². The number of carbonyl (C=O) groups is 1. The Bertz CT molecular complexity index is 851. The van der Waals surface area contributed by atoms with Crippen molar-refractivity contribution in [3.63, 3.8) is 0 Å². The van der Waals surface area contributed by atoms with E-state index >= 15 is 0 Å². The fourth-order valence-electron chi connectivity index (χ4n) is 2.74. The van der Waals surface area contributed by atoms with Crippen molar-refractivity contribution in [3.05, 3.63) is 23.3 Å². The summed E-state index contributed by atoms with van der Waals surface area (Å²) in [6, 6.07) is 3.37. The molecule has 0 unspecified atom stereocenters. The molecule has 0 spiro atoms. The van der Waals surface area contributed by atoms with Crippen LogP contribution in [0.4, 0.5) is 0 Å². The van der Waals surface area contributed by atoms with Crippen LogP contribution in [-0.4, -0.2) is 57.4 Å². The number of benzene rings is 1. The first-order valence-electron chi connectivity index (χ1n) is 8.11. The van der Waals surface area contributed by atoms with E-state index < -0.39 is 16.0 Å². The van der Waals surface area contributed by atoms with Gasteiger partial charge in [-0.05, 0) is 44.0 Å².